The molecule has 1 amide bonds. The number of aliphatic carboxylic acids is 1. The predicted octanol–water partition coefficient (Wildman–Crippen LogP) is 3.79. The number of aliphatic hydroxyl groups excluding tert-OH is 1. The molecule has 0 spiro atoms. The van der Waals surface area contributed by atoms with Gasteiger partial charge in [-0.25, -0.2) is 19.6 Å². The van der Waals surface area contributed by atoms with Gasteiger partial charge in [0.2, 0.25) is 0 Å². The van der Waals surface area contributed by atoms with Gasteiger partial charge in [0.25, 0.3) is 0 Å². The van der Waals surface area contributed by atoms with Crippen LogP contribution < -0.4 is 9.47 Å². The van der Waals surface area contributed by atoms with Crippen LogP contribution in [0, 0.1) is 0 Å². The van der Waals surface area contributed by atoms with Crippen molar-refractivity contribution in [2.24, 2.45) is 0 Å². The summed E-state index contributed by atoms with van der Waals surface area (Å²) in [5, 5.41) is 19.6. The fourth-order valence-corrected chi connectivity index (χ4v) is 4.78. The van der Waals surface area contributed by atoms with Gasteiger partial charge < -0.3 is 34.1 Å². The van der Waals surface area contributed by atoms with Crippen LogP contribution in [0.4, 0.5) is 4.79 Å². The van der Waals surface area contributed by atoms with E-state index in [0.717, 1.165) is 24.2 Å². The minimum Gasteiger partial charge on any atom is -0.496 e. The first kappa shape index (κ1) is 33.6. The Morgan fingerprint density at radius 1 is 1.09 bits per heavy atom. The lowest BCUT2D eigenvalue weighted by atomic mass is 10.0. The number of amides is 1. The predicted molar refractivity (Wildman–Crippen MR) is 166 cm³/mol. The molecular weight excluding hydrogens is 580 g/mol. The molecule has 3 aromatic rings. The van der Waals surface area contributed by atoms with Crippen LogP contribution >= 0.6 is 0 Å². The molecule has 2 N–H and O–H groups in total. The van der Waals surface area contributed by atoms with Gasteiger partial charge in [-0.3, -0.25) is 4.90 Å². The van der Waals surface area contributed by atoms with E-state index in [1.165, 1.54) is 0 Å². The van der Waals surface area contributed by atoms with Crippen LogP contribution in [0.25, 0.3) is 11.4 Å². The van der Waals surface area contributed by atoms with E-state index in [-0.39, 0.29) is 19.6 Å². The molecule has 1 fully saturated rings. The number of carboxylic acids is 1. The molecular formula is C33H42N4O8. The summed E-state index contributed by atoms with van der Waals surface area (Å²) in [4.78, 5) is 37.6. The van der Waals surface area contributed by atoms with Gasteiger partial charge in [-0.05, 0) is 56.2 Å². The van der Waals surface area contributed by atoms with Crippen molar-refractivity contribution in [1.82, 2.24) is 19.8 Å². The number of benzene rings is 2. The zero-order valence-corrected chi connectivity index (χ0v) is 26.3. The molecule has 0 bridgehead atoms. The van der Waals surface area contributed by atoms with Crippen LogP contribution in [-0.4, -0.2) is 100 Å². The molecule has 2 aromatic carbocycles. The molecule has 12 heteroatoms. The fraction of sp³-hybridized carbons (Fsp3) is 0.455. The summed E-state index contributed by atoms with van der Waals surface area (Å²) in [6, 6.07) is 14.5. The molecule has 1 aliphatic heterocycles. The number of nitrogens with zero attached hydrogens (tertiary/aromatic N) is 4. The average molecular weight is 623 g/mol. The number of hydrogen-bond donors (Lipinski definition) is 2. The maximum Gasteiger partial charge on any atom is 0.410 e. The number of para-hydroxylation sites is 1. The zero-order chi connectivity index (χ0) is 32.4. The minimum absolute atomic E-state index is 0.0732. The number of ether oxygens (including phenoxy) is 4. The van der Waals surface area contributed by atoms with Crippen LogP contribution in [0.5, 0.6) is 11.5 Å². The van der Waals surface area contributed by atoms with E-state index in [9.17, 15) is 19.8 Å². The molecule has 0 aliphatic carbocycles. The summed E-state index contributed by atoms with van der Waals surface area (Å²) in [6.45, 7) is 9.73. The highest BCUT2D eigenvalue weighted by molar-refractivity contribution is 5.72. The lowest BCUT2D eigenvalue weighted by molar-refractivity contribution is -0.146. The maximum absolute atomic E-state index is 13.2. The van der Waals surface area contributed by atoms with Gasteiger partial charge in [0.15, 0.2) is 11.9 Å². The second-order valence-electron chi connectivity index (χ2n) is 11.7. The Morgan fingerprint density at radius 2 is 1.84 bits per heavy atom. The number of carbonyl (C=O) groups is 2. The number of morpholine rings is 1. The SMILES string of the molecule is COc1ccccc1-c1nccc(COc2ccc(CN(CCN3CCOCC3)C(=O)OC(C)(C)C)cc2C[C@@H](O)C(=O)O)n1. The third kappa shape index (κ3) is 10.1. The topological polar surface area (TPSA) is 144 Å². The van der Waals surface area contributed by atoms with E-state index < -0.39 is 23.8 Å². The average Bonchev–Trinajstić information content (AvgIpc) is 3.02. The quantitative estimate of drug-likeness (QED) is 0.287. The molecule has 12 nitrogen and oxygen atoms in total. The van der Waals surface area contributed by atoms with Crippen LogP contribution in [0.1, 0.15) is 37.6 Å². The van der Waals surface area contributed by atoms with Crippen molar-refractivity contribution in [3.63, 3.8) is 0 Å². The Morgan fingerprint density at radius 3 is 2.56 bits per heavy atom. The first-order valence-corrected chi connectivity index (χ1v) is 14.9. The van der Waals surface area contributed by atoms with Crippen molar-refractivity contribution in [3.05, 3.63) is 71.5 Å². The normalized spacial score (nSPS) is 14.4. The molecule has 0 unspecified atom stereocenters. The number of rotatable bonds is 13. The van der Waals surface area contributed by atoms with Crippen molar-refractivity contribution >= 4 is 12.1 Å². The molecule has 1 aromatic heterocycles. The van der Waals surface area contributed by atoms with E-state index in [1.807, 2.05) is 51.1 Å². The maximum atomic E-state index is 13.2. The number of hydrogen-bond acceptors (Lipinski definition) is 10. The molecule has 1 saturated heterocycles. The lowest BCUT2D eigenvalue weighted by Crippen LogP contribution is -2.44. The Kier molecular flexibility index (Phi) is 11.7. The van der Waals surface area contributed by atoms with Gasteiger partial charge in [0.05, 0.1) is 31.6 Å². The van der Waals surface area contributed by atoms with Gasteiger partial charge in [-0.2, -0.15) is 0 Å². The van der Waals surface area contributed by atoms with E-state index >= 15 is 0 Å². The van der Waals surface area contributed by atoms with E-state index in [2.05, 4.69) is 14.9 Å². The highest BCUT2D eigenvalue weighted by atomic mass is 16.6. The second-order valence-corrected chi connectivity index (χ2v) is 11.7. The van der Waals surface area contributed by atoms with Gasteiger partial charge >= 0.3 is 12.1 Å². The van der Waals surface area contributed by atoms with Crippen molar-refractivity contribution < 1.29 is 38.7 Å². The summed E-state index contributed by atoms with van der Waals surface area (Å²) in [5.41, 5.74) is 1.88. The van der Waals surface area contributed by atoms with Crippen molar-refractivity contribution in [2.75, 3.05) is 46.5 Å². The molecule has 2 heterocycles. The van der Waals surface area contributed by atoms with Crippen LogP contribution in [0.15, 0.2) is 54.7 Å². The first-order chi connectivity index (χ1) is 21.5. The smallest absolute Gasteiger partial charge is 0.410 e. The van der Waals surface area contributed by atoms with Gasteiger partial charge in [-0.15, -0.1) is 0 Å². The Bertz CT molecular complexity index is 1440. The Labute approximate surface area is 263 Å². The molecule has 242 valence electrons. The van der Waals surface area contributed by atoms with E-state index in [1.54, 1.807) is 36.4 Å². The monoisotopic (exact) mass is 622 g/mol. The second kappa shape index (κ2) is 15.6. The summed E-state index contributed by atoms with van der Waals surface area (Å²) >= 11 is 0. The van der Waals surface area contributed by atoms with Crippen LogP contribution in [0.2, 0.25) is 0 Å². The third-order valence-electron chi connectivity index (χ3n) is 7.07. The summed E-state index contributed by atoms with van der Waals surface area (Å²) in [5.74, 6) is 0.171. The number of methoxy groups -OCH3 is 1. The first-order valence-electron chi connectivity index (χ1n) is 14.9. The van der Waals surface area contributed by atoms with Crippen LogP contribution in [0.3, 0.4) is 0 Å². The molecule has 1 atom stereocenters. The highest BCUT2D eigenvalue weighted by Crippen LogP contribution is 2.28. The van der Waals surface area contributed by atoms with Crippen molar-refractivity contribution in [2.45, 2.75) is 52.0 Å². The lowest BCUT2D eigenvalue weighted by Gasteiger charge is -2.31. The number of carbonyl (C=O) groups excluding carboxylic acids is 1. The van der Waals surface area contributed by atoms with Gasteiger partial charge in [0, 0.05) is 45.3 Å². The fourth-order valence-electron chi connectivity index (χ4n) is 4.78. The summed E-state index contributed by atoms with van der Waals surface area (Å²) in [7, 11) is 1.58. The van der Waals surface area contributed by atoms with E-state index in [4.69, 9.17) is 18.9 Å². The van der Waals surface area contributed by atoms with Crippen molar-refractivity contribution in [1.29, 1.82) is 0 Å². The number of aliphatic hydroxyl groups is 1. The molecule has 0 saturated carbocycles. The van der Waals surface area contributed by atoms with E-state index in [0.29, 0.717) is 54.9 Å². The largest absolute Gasteiger partial charge is 0.496 e. The Hall–Kier alpha value is -4.26. The molecule has 45 heavy (non-hydrogen) atoms. The molecule has 0 radical (unpaired) electrons. The molecule has 1 aliphatic rings. The summed E-state index contributed by atoms with van der Waals surface area (Å²) < 4.78 is 22.7. The third-order valence-corrected chi connectivity index (χ3v) is 7.07. The highest BCUT2D eigenvalue weighted by Gasteiger charge is 2.24. The summed E-state index contributed by atoms with van der Waals surface area (Å²) in [6.07, 6.45) is -0.636. The Balaban J connectivity index is 1.54. The van der Waals surface area contributed by atoms with Gasteiger partial charge in [0.1, 0.15) is 23.7 Å². The van der Waals surface area contributed by atoms with Crippen molar-refractivity contribution in [3.8, 4) is 22.9 Å². The standard InChI is InChI=1S/C33H42N4O8/c1-33(2,3)45-32(41)37(14-13-36-15-17-43-18-16-36)21-23-9-10-28(24(19-23)20-27(38)31(39)40)44-22-25-11-12-34-30(35-25)26-7-5-6-8-29(26)42-4/h5-12,19,27,38H,13-18,20-22H2,1-4H3,(H,39,40)/t27-/m1/s1. The van der Waals surface area contributed by atoms with Gasteiger partial charge in [-0.1, -0.05) is 24.3 Å². The zero-order valence-electron chi connectivity index (χ0n) is 26.3. The number of carboxylic acid groups (broad SMARTS) is 1. The minimum atomic E-state index is -1.64. The van der Waals surface area contributed by atoms with Crippen LogP contribution in [-0.2, 0) is 33.8 Å². The number of aromatic nitrogens is 2. The molecule has 4 rings (SSSR count).